The van der Waals surface area contributed by atoms with Crippen molar-refractivity contribution in [3.8, 4) is 0 Å². The molecule has 0 amide bonds. The third-order valence-corrected chi connectivity index (χ3v) is 3.05. The van der Waals surface area contributed by atoms with E-state index in [4.69, 9.17) is 5.73 Å². The van der Waals surface area contributed by atoms with E-state index in [1.807, 2.05) is 6.92 Å². The number of anilines is 1. The first-order chi connectivity index (χ1) is 7.71. The Bertz CT molecular complexity index is 375. The highest BCUT2D eigenvalue weighted by atomic mass is 15.1. The van der Waals surface area contributed by atoms with Gasteiger partial charge in [-0.15, -0.1) is 0 Å². The van der Waals surface area contributed by atoms with Crippen molar-refractivity contribution >= 4 is 5.69 Å². The van der Waals surface area contributed by atoms with Crippen LogP contribution in [0.2, 0.25) is 0 Å². The van der Waals surface area contributed by atoms with Crippen molar-refractivity contribution in [2.75, 3.05) is 18.5 Å². The van der Waals surface area contributed by atoms with E-state index in [0.717, 1.165) is 6.54 Å². The zero-order valence-electron chi connectivity index (χ0n) is 12.0. The number of hydrogen-bond acceptors (Lipinski definition) is 2. The maximum atomic E-state index is 5.86. The maximum absolute atomic E-state index is 5.86. The molecule has 0 saturated carbocycles. The van der Waals surface area contributed by atoms with Gasteiger partial charge in [0, 0.05) is 25.3 Å². The van der Waals surface area contributed by atoms with Crippen molar-refractivity contribution in [3.63, 3.8) is 0 Å². The summed E-state index contributed by atoms with van der Waals surface area (Å²) in [5.41, 5.74) is 10.0. The molecule has 0 saturated heterocycles. The lowest BCUT2D eigenvalue weighted by molar-refractivity contribution is 0.589. The molecule has 0 bridgehead atoms. The Morgan fingerprint density at radius 2 is 1.88 bits per heavy atom. The van der Waals surface area contributed by atoms with E-state index in [1.165, 1.54) is 16.8 Å². The molecule has 2 nitrogen and oxygen atoms in total. The van der Waals surface area contributed by atoms with Gasteiger partial charge in [0.15, 0.2) is 0 Å². The Kier molecular flexibility index (Phi) is 4.21. The van der Waals surface area contributed by atoms with Gasteiger partial charge in [-0.3, -0.25) is 0 Å². The van der Waals surface area contributed by atoms with Crippen molar-refractivity contribution in [1.29, 1.82) is 0 Å². The van der Waals surface area contributed by atoms with E-state index in [9.17, 15) is 0 Å². The van der Waals surface area contributed by atoms with Crippen LogP contribution in [0, 0.1) is 6.92 Å². The molecule has 0 aromatic heterocycles. The second-order valence-electron chi connectivity index (χ2n) is 6.11. The highest BCUT2D eigenvalue weighted by Gasteiger charge is 2.16. The lowest BCUT2D eigenvalue weighted by Gasteiger charge is -2.27. The van der Waals surface area contributed by atoms with Gasteiger partial charge in [0.25, 0.3) is 0 Å². The first-order valence-electron chi connectivity index (χ1n) is 6.29. The summed E-state index contributed by atoms with van der Waals surface area (Å²) in [7, 11) is 2.11. The zero-order valence-corrected chi connectivity index (χ0v) is 12.0. The topological polar surface area (TPSA) is 29.3 Å². The van der Waals surface area contributed by atoms with Gasteiger partial charge >= 0.3 is 0 Å². The van der Waals surface area contributed by atoms with Crippen molar-refractivity contribution in [1.82, 2.24) is 0 Å². The number of nitrogens with two attached hydrogens (primary N) is 1. The Hall–Kier alpha value is -1.02. The fourth-order valence-corrected chi connectivity index (χ4v) is 2.02. The van der Waals surface area contributed by atoms with Crippen LogP contribution in [-0.2, 0) is 5.41 Å². The van der Waals surface area contributed by atoms with Gasteiger partial charge in [-0.25, -0.2) is 0 Å². The van der Waals surface area contributed by atoms with Crippen molar-refractivity contribution in [3.05, 3.63) is 29.3 Å². The number of likely N-dealkylation sites (N-methyl/N-ethyl adjacent to an activating group) is 1. The second-order valence-corrected chi connectivity index (χ2v) is 6.11. The maximum Gasteiger partial charge on any atom is 0.0396 e. The summed E-state index contributed by atoms with van der Waals surface area (Å²) in [5, 5.41) is 0. The summed E-state index contributed by atoms with van der Waals surface area (Å²) in [5.74, 6) is 0. The Labute approximate surface area is 106 Å². The van der Waals surface area contributed by atoms with E-state index in [-0.39, 0.29) is 11.5 Å². The predicted molar refractivity (Wildman–Crippen MR) is 76.8 cm³/mol. The molecule has 1 aromatic rings. The fourth-order valence-electron chi connectivity index (χ4n) is 2.02. The summed E-state index contributed by atoms with van der Waals surface area (Å²) >= 11 is 0. The summed E-state index contributed by atoms with van der Waals surface area (Å²) < 4.78 is 0. The second kappa shape index (κ2) is 5.09. The van der Waals surface area contributed by atoms with Crippen LogP contribution < -0.4 is 10.6 Å². The number of hydrogen-bond donors (Lipinski definition) is 1. The average Bonchev–Trinajstić information content (AvgIpc) is 2.15. The molecule has 17 heavy (non-hydrogen) atoms. The third-order valence-electron chi connectivity index (χ3n) is 3.05. The standard InChI is InChI=1S/C15H26N2/c1-11-7-8-13(15(3,4)5)9-14(11)17(6)10-12(2)16/h7-9,12H,10,16H2,1-6H3. The van der Waals surface area contributed by atoms with E-state index >= 15 is 0 Å². The van der Waals surface area contributed by atoms with Gasteiger partial charge in [-0.2, -0.15) is 0 Å². The molecule has 1 aromatic carbocycles. The Morgan fingerprint density at radius 3 is 2.35 bits per heavy atom. The number of nitrogens with zero attached hydrogens (tertiary/aromatic N) is 1. The Morgan fingerprint density at radius 1 is 1.29 bits per heavy atom. The van der Waals surface area contributed by atoms with Gasteiger partial charge in [0.1, 0.15) is 0 Å². The van der Waals surface area contributed by atoms with E-state index in [2.05, 4.69) is 57.8 Å². The molecule has 2 N–H and O–H groups in total. The zero-order chi connectivity index (χ0) is 13.2. The lowest BCUT2D eigenvalue weighted by atomic mass is 9.86. The molecule has 0 heterocycles. The van der Waals surface area contributed by atoms with Crippen LogP contribution in [0.1, 0.15) is 38.8 Å². The highest BCUT2D eigenvalue weighted by molar-refractivity contribution is 5.55. The first kappa shape index (κ1) is 14.0. The SMILES string of the molecule is Cc1ccc(C(C)(C)C)cc1N(C)CC(C)N. The highest BCUT2D eigenvalue weighted by Crippen LogP contribution is 2.28. The van der Waals surface area contributed by atoms with Gasteiger partial charge < -0.3 is 10.6 Å². The molecular weight excluding hydrogens is 208 g/mol. The van der Waals surface area contributed by atoms with Crippen LogP contribution in [0.5, 0.6) is 0 Å². The quantitative estimate of drug-likeness (QED) is 0.871. The van der Waals surface area contributed by atoms with Crippen molar-refractivity contribution in [2.24, 2.45) is 5.73 Å². The van der Waals surface area contributed by atoms with Crippen molar-refractivity contribution < 1.29 is 0 Å². The van der Waals surface area contributed by atoms with Gasteiger partial charge in [0.2, 0.25) is 0 Å². The summed E-state index contributed by atoms with van der Waals surface area (Å²) in [6.07, 6.45) is 0. The minimum absolute atomic E-state index is 0.192. The van der Waals surface area contributed by atoms with Crippen LogP contribution in [0.25, 0.3) is 0 Å². The van der Waals surface area contributed by atoms with Crippen LogP contribution in [0.3, 0.4) is 0 Å². The summed E-state index contributed by atoms with van der Waals surface area (Å²) in [4.78, 5) is 2.25. The Balaban J connectivity index is 3.06. The molecule has 0 spiro atoms. The third kappa shape index (κ3) is 3.74. The molecule has 0 aliphatic rings. The summed E-state index contributed by atoms with van der Waals surface area (Å²) in [6, 6.07) is 6.90. The average molecular weight is 234 g/mol. The smallest absolute Gasteiger partial charge is 0.0396 e. The molecule has 0 aliphatic carbocycles. The molecular formula is C15H26N2. The molecule has 2 heteroatoms. The van der Waals surface area contributed by atoms with E-state index in [1.54, 1.807) is 0 Å². The van der Waals surface area contributed by atoms with Crippen LogP contribution >= 0.6 is 0 Å². The number of rotatable bonds is 3. The normalized spacial score (nSPS) is 13.6. The van der Waals surface area contributed by atoms with E-state index in [0.29, 0.717) is 0 Å². The molecule has 1 atom stereocenters. The first-order valence-corrected chi connectivity index (χ1v) is 6.29. The molecule has 0 aliphatic heterocycles. The van der Waals surface area contributed by atoms with E-state index < -0.39 is 0 Å². The molecule has 1 unspecified atom stereocenters. The largest absolute Gasteiger partial charge is 0.373 e. The molecule has 0 fully saturated rings. The lowest BCUT2D eigenvalue weighted by Crippen LogP contribution is -2.33. The minimum Gasteiger partial charge on any atom is -0.373 e. The van der Waals surface area contributed by atoms with Gasteiger partial charge in [-0.1, -0.05) is 32.9 Å². The number of aryl methyl sites for hydroxylation is 1. The van der Waals surface area contributed by atoms with Crippen molar-refractivity contribution in [2.45, 2.75) is 46.1 Å². The van der Waals surface area contributed by atoms with Gasteiger partial charge in [-0.05, 0) is 36.5 Å². The monoisotopic (exact) mass is 234 g/mol. The minimum atomic E-state index is 0.192. The fraction of sp³-hybridized carbons (Fsp3) is 0.600. The van der Waals surface area contributed by atoms with Crippen LogP contribution in [0.15, 0.2) is 18.2 Å². The van der Waals surface area contributed by atoms with Gasteiger partial charge in [0.05, 0.1) is 0 Å². The predicted octanol–water partition coefficient (Wildman–Crippen LogP) is 3.08. The summed E-state index contributed by atoms with van der Waals surface area (Å²) in [6.45, 7) is 11.8. The number of benzene rings is 1. The van der Waals surface area contributed by atoms with Crippen LogP contribution in [-0.4, -0.2) is 19.6 Å². The molecule has 96 valence electrons. The van der Waals surface area contributed by atoms with Crippen LogP contribution in [0.4, 0.5) is 5.69 Å². The molecule has 0 radical (unpaired) electrons. The molecule has 1 rings (SSSR count).